The SMILES string of the molecule is COc1cc(N2CCN(C)CC2)ccc1Nc1ncc(Cl)c(Oc2cccc3c2CCC3)n1. The zero-order valence-corrected chi connectivity index (χ0v) is 19.7. The van der Waals surface area contributed by atoms with E-state index < -0.39 is 0 Å². The molecule has 3 aromatic rings. The van der Waals surface area contributed by atoms with Gasteiger partial charge in [0.15, 0.2) is 0 Å². The van der Waals surface area contributed by atoms with Crippen LogP contribution in [0, 0.1) is 0 Å². The van der Waals surface area contributed by atoms with Crippen LogP contribution < -0.4 is 19.7 Å². The summed E-state index contributed by atoms with van der Waals surface area (Å²) in [4.78, 5) is 13.6. The minimum atomic E-state index is 0.336. The second kappa shape index (κ2) is 9.45. The van der Waals surface area contributed by atoms with Gasteiger partial charge in [0.05, 0.1) is 19.0 Å². The standard InChI is InChI=1S/C25H28ClN5O2/c1-30-11-13-31(14-12-30)18-9-10-21(23(15-18)32-2)28-25-27-16-20(26)24(29-25)33-22-8-4-6-17-5-3-7-19(17)22/h4,6,8-10,15-16H,3,5,7,11-14H2,1-2H3,(H,27,28,29). The molecule has 8 heteroatoms. The highest BCUT2D eigenvalue weighted by molar-refractivity contribution is 6.31. The lowest BCUT2D eigenvalue weighted by Crippen LogP contribution is -2.44. The second-order valence-corrected chi connectivity index (χ2v) is 8.90. The number of halogens is 1. The van der Waals surface area contributed by atoms with Crippen LogP contribution in [0.25, 0.3) is 0 Å². The predicted octanol–water partition coefficient (Wildman–Crippen LogP) is 4.92. The lowest BCUT2D eigenvalue weighted by Gasteiger charge is -2.34. The Morgan fingerprint density at radius 2 is 1.88 bits per heavy atom. The summed E-state index contributed by atoms with van der Waals surface area (Å²) in [6.07, 6.45) is 4.79. The summed E-state index contributed by atoms with van der Waals surface area (Å²) in [7, 11) is 3.82. The van der Waals surface area contributed by atoms with E-state index in [9.17, 15) is 0 Å². The first-order valence-electron chi connectivity index (χ1n) is 11.3. The number of aromatic nitrogens is 2. The van der Waals surface area contributed by atoms with Crippen molar-refractivity contribution in [1.29, 1.82) is 0 Å². The third-order valence-electron chi connectivity index (χ3n) is 6.32. The van der Waals surface area contributed by atoms with E-state index in [0.717, 1.165) is 68.3 Å². The fourth-order valence-corrected chi connectivity index (χ4v) is 4.56. The normalized spacial score (nSPS) is 15.9. The number of likely N-dealkylation sites (N-methyl/N-ethyl adjacent to an activating group) is 1. The van der Waals surface area contributed by atoms with Crippen LogP contribution in [0.4, 0.5) is 17.3 Å². The Balaban J connectivity index is 1.36. The van der Waals surface area contributed by atoms with Crippen LogP contribution in [0.3, 0.4) is 0 Å². The maximum absolute atomic E-state index is 6.36. The highest BCUT2D eigenvalue weighted by Gasteiger charge is 2.19. The van der Waals surface area contributed by atoms with E-state index in [2.05, 4.69) is 44.3 Å². The molecule has 2 aromatic carbocycles. The zero-order chi connectivity index (χ0) is 22.8. The van der Waals surface area contributed by atoms with E-state index in [1.807, 2.05) is 24.3 Å². The smallest absolute Gasteiger partial charge is 0.243 e. The Hall–Kier alpha value is -3.03. The second-order valence-electron chi connectivity index (χ2n) is 8.50. The maximum Gasteiger partial charge on any atom is 0.243 e. The summed E-state index contributed by atoms with van der Waals surface area (Å²) in [5.41, 5.74) is 4.50. The van der Waals surface area contributed by atoms with Gasteiger partial charge < -0.3 is 24.6 Å². The van der Waals surface area contributed by atoms with Crippen LogP contribution in [0.1, 0.15) is 17.5 Å². The van der Waals surface area contributed by atoms with Gasteiger partial charge in [0.25, 0.3) is 0 Å². The largest absolute Gasteiger partial charge is 0.494 e. The highest BCUT2D eigenvalue weighted by atomic mass is 35.5. The number of rotatable bonds is 6. The fraction of sp³-hybridized carbons (Fsp3) is 0.360. The molecule has 1 saturated heterocycles. The maximum atomic E-state index is 6.36. The number of hydrogen-bond donors (Lipinski definition) is 1. The van der Waals surface area contributed by atoms with Gasteiger partial charge in [-0.05, 0) is 55.6 Å². The molecule has 0 saturated carbocycles. The number of methoxy groups -OCH3 is 1. The highest BCUT2D eigenvalue weighted by Crippen LogP contribution is 2.36. The van der Waals surface area contributed by atoms with E-state index in [4.69, 9.17) is 21.1 Å². The molecule has 0 amide bonds. The molecule has 2 heterocycles. The van der Waals surface area contributed by atoms with Gasteiger partial charge in [0, 0.05) is 37.9 Å². The van der Waals surface area contributed by atoms with E-state index in [1.165, 1.54) is 11.1 Å². The molecule has 1 aliphatic heterocycles. The van der Waals surface area contributed by atoms with Crippen molar-refractivity contribution in [3.05, 3.63) is 58.7 Å². The first-order chi connectivity index (χ1) is 16.1. The van der Waals surface area contributed by atoms with Crippen molar-refractivity contribution < 1.29 is 9.47 Å². The minimum absolute atomic E-state index is 0.336. The molecule has 5 rings (SSSR count). The number of fused-ring (bicyclic) bond motifs is 1. The van der Waals surface area contributed by atoms with Crippen LogP contribution in [-0.4, -0.2) is 55.2 Å². The van der Waals surface area contributed by atoms with E-state index in [1.54, 1.807) is 13.3 Å². The molecule has 172 valence electrons. The van der Waals surface area contributed by atoms with Gasteiger partial charge in [-0.1, -0.05) is 23.7 Å². The molecule has 33 heavy (non-hydrogen) atoms. The first kappa shape index (κ1) is 21.8. The van der Waals surface area contributed by atoms with Crippen molar-refractivity contribution in [3.8, 4) is 17.4 Å². The van der Waals surface area contributed by atoms with Crippen molar-refractivity contribution in [2.45, 2.75) is 19.3 Å². The van der Waals surface area contributed by atoms with Crippen molar-refractivity contribution in [2.24, 2.45) is 0 Å². The Bertz CT molecular complexity index is 1150. The summed E-state index contributed by atoms with van der Waals surface area (Å²) in [5.74, 6) is 2.27. The van der Waals surface area contributed by atoms with Gasteiger partial charge in [-0.3, -0.25) is 0 Å². The van der Waals surface area contributed by atoms with Gasteiger partial charge in [0.1, 0.15) is 16.5 Å². The average molecular weight is 466 g/mol. The monoisotopic (exact) mass is 465 g/mol. The zero-order valence-electron chi connectivity index (χ0n) is 19.0. The summed E-state index contributed by atoms with van der Waals surface area (Å²) in [6, 6.07) is 12.3. The van der Waals surface area contributed by atoms with Crippen LogP contribution in [0.2, 0.25) is 5.02 Å². The Morgan fingerprint density at radius 1 is 1.03 bits per heavy atom. The van der Waals surface area contributed by atoms with E-state index in [0.29, 0.717) is 16.9 Å². The predicted molar refractivity (Wildman–Crippen MR) is 132 cm³/mol. The van der Waals surface area contributed by atoms with Gasteiger partial charge in [-0.25, -0.2) is 4.98 Å². The number of piperazine rings is 1. The number of benzene rings is 2. The number of nitrogens with one attached hydrogen (secondary N) is 1. The molecular weight excluding hydrogens is 438 g/mol. The van der Waals surface area contributed by atoms with Gasteiger partial charge in [-0.2, -0.15) is 4.98 Å². The molecule has 0 unspecified atom stereocenters. The molecule has 1 N–H and O–H groups in total. The molecule has 0 bridgehead atoms. The minimum Gasteiger partial charge on any atom is -0.494 e. The van der Waals surface area contributed by atoms with Crippen molar-refractivity contribution in [3.63, 3.8) is 0 Å². The van der Waals surface area contributed by atoms with E-state index >= 15 is 0 Å². The Kier molecular flexibility index (Phi) is 6.24. The fourth-order valence-electron chi connectivity index (χ4n) is 4.43. The topological polar surface area (TPSA) is 62.8 Å². The number of ether oxygens (including phenoxy) is 2. The van der Waals surface area contributed by atoms with Crippen molar-refractivity contribution in [2.75, 3.05) is 50.6 Å². The van der Waals surface area contributed by atoms with Crippen molar-refractivity contribution >= 4 is 28.9 Å². The third kappa shape index (κ3) is 4.70. The molecule has 0 atom stereocenters. The lowest BCUT2D eigenvalue weighted by atomic mass is 10.1. The van der Waals surface area contributed by atoms with Crippen LogP contribution in [-0.2, 0) is 12.8 Å². The lowest BCUT2D eigenvalue weighted by molar-refractivity contribution is 0.312. The number of nitrogens with zero attached hydrogens (tertiary/aromatic N) is 4. The molecule has 0 spiro atoms. The molecule has 7 nitrogen and oxygen atoms in total. The van der Waals surface area contributed by atoms with Gasteiger partial charge >= 0.3 is 0 Å². The molecular formula is C25H28ClN5O2. The molecule has 0 radical (unpaired) electrons. The van der Waals surface area contributed by atoms with Gasteiger partial charge in [-0.15, -0.1) is 0 Å². The Labute approximate surface area is 199 Å². The van der Waals surface area contributed by atoms with Gasteiger partial charge in [0.2, 0.25) is 11.8 Å². The van der Waals surface area contributed by atoms with Crippen molar-refractivity contribution in [1.82, 2.24) is 14.9 Å². The molecule has 1 aliphatic carbocycles. The van der Waals surface area contributed by atoms with Crippen LogP contribution >= 0.6 is 11.6 Å². The molecule has 2 aliphatic rings. The molecule has 1 fully saturated rings. The number of aryl methyl sites for hydroxylation is 1. The summed E-state index contributed by atoms with van der Waals surface area (Å²) in [5, 5.41) is 3.62. The van der Waals surface area contributed by atoms with E-state index in [-0.39, 0.29) is 0 Å². The third-order valence-corrected chi connectivity index (χ3v) is 6.58. The summed E-state index contributed by atoms with van der Waals surface area (Å²) >= 11 is 6.36. The van der Waals surface area contributed by atoms with Crippen LogP contribution in [0.15, 0.2) is 42.6 Å². The Morgan fingerprint density at radius 3 is 2.70 bits per heavy atom. The summed E-state index contributed by atoms with van der Waals surface area (Å²) in [6.45, 7) is 4.09. The number of anilines is 3. The first-order valence-corrected chi connectivity index (χ1v) is 11.7. The number of hydrogen-bond acceptors (Lipinski definition) is 7. The van der Waals surface area contributed by atoms with Crippen LogP contribution in [0.5, 0.6) is 17.4 Å². The summed E-state index contributed by atoms with van der Waals surface area (Å²) < 4.78 is 11.8. The quantitative estimate of drug-likeness (QED) is 0.554. The average Bonchev–Trinajstić information content (AvgIpc) is 3.32. The molecule has 1 aromatic heterocycles.